The molecule has 2 fully saturated rings. The molecule has 2 saturated heterocycles. The molecule has 3 rings (SSSR count). The average Bonchev–Trinajstić information content (AvgIpc) is 3.08. The molecule has 0 radical (unpaired) electrons. The summed E-state index contributed by atoms with van der Waals surface area (Å²) in [4.78, 5) is 30.5. The van der Waals surface area contributed by atoms with Gasteiger partial charge in [-0.05, 0) is 43.5 Å². The predicted octanol–water partition coefficient (Wildman–Crippen LogP) is 2.48. The fraction of sp³-hybridized carbons (Fsp3) is 0.579. The Morgan fingerprint density at radius 1 is 0.815 bits per heavy atom. The molecule has 0 bridgehead atoms. The Labute approximate surface area is 156 Å². The Morgan fingerprint density at radius 2 is 1.44 bits per heavy atom. The van der Waals surface area contributed by atoms with Crippen LogP contribution in [-0.4, -0.2) is 72.3 Å². The lowest BCUT2D eigenvalue weighted by atomic mass is 10.1. The Kier molecular flexibility index (Phi) is 6.04. The molecule has 0 atom stereocenters. The first-order valence-corrected chi connectivity index (χ1v) is 9.31. The lowest BCUT2D eigenvalue weighted by molar-refractivity contribution is -0.137. The van der Waals surface area contributed by atoms with Gasteiger partial charge in [0.05, 0.1) is 12.1 Å². The van der Waals surface area contributed by atoms with Gasteiger partial charge in [0, 0.05) is 44.8 Å². The summed E-state index contributed by atoms with van der Waals surface area (Å²) in [6, 6.07) is 4.33. The van der Waals surface area contributed by atoms with Crippen molar-refractivity contribution in [1.29, 1.82) is 0 Å². The second kappa shape index (κ2) is 8.29. The Balaban J connectivity index is 1.55. The number of amides is 2. The fourth-order valence-corrected chi connectivity index (χ4v) is 3.57. The van der Waals surface area contributed by atoms with Crippen molar-refractivity contribution >= 4 is 11.8 Å². The van der Waals surface area contributed by atoms with Gasteiger partial charge < -0.3 is 9.80 Å². The third kappa shape index (κ3) is 5.00. The van der Waals surface area contributed by atoms with E-state index in [1.54, 1.807) is 4.90 Å². The van der Waals surface area contributed by atoms with Crippen LogP contribution in [0.2, 0.25) is 0 Å². The molecule has 5 nitrogen and oxygen atoms in total. The van der Waals surface area contributed by atoms with E-state index in [-0.39, 0.29) is 17.4 Å². The topological polar surface area (TPSA) is 43.9 Å². The van der Waals surface area contributed by atoms with Gasteiger partial charge in [-0.1, -0.05) is 0 Å². The van der Waals surface area contributed by atoms with Crippen molar-refractivity contribution in [3.8, 4) is 0 Å². The van der Waals surface area contributed by atoms with E-state index in [1.807, 2.05) is 4.90 Å². The summed E-state index contributed by atoms with van der Waals surface area (Å²) < 4.78 is 38.0. The van der Waals surface area contributed by atoms with Crippen LogP contribution in [-0.2, 0) is 11.0 Å². The predicted molar refractivity (Wildman–Crippen MR) is 94.2 cm³/mol. The van der Waals surface area contributed by atoms with E-state index in [1.165, 1.54) is 12.1 Å². The Bertz CT molecular complexity index is 670. The van der Waals surface area contributed by atoms with Crippen molar-refractivity contribution in [3.63, 3.8) is 0 Å². The second-order valence-electron chi connectivity index (χ2n) is 7.08. The lowest BCUT2D eigenvalue weighted by Crippen LogP contribution is -2.41. The second-order valence-corrected chi connectivity index (χ2v) is 7.08. The van der Waals surface area contributed by atoms with Crippen molar-refractivity contribution in [2.24, 2.45) is 0 Å². The summed E-state index contributed by atoms with van der Waals surface area (Å²) in [5.41, 5.74) is -0.508. The monoisotopic (exact) mass is 383 g/mol. The van der Waals surface area contributed by atoms with Crippen molar-refractivity contribution in [2.75, 3.05) is 45.8 Å². The summed E-state index contributed by atoms with van der Waals surface area (Å²) in [7, 11) is 0. The van der Waals surface area contributed by atoms with E-state index >= 15 is 0 Å². The van der Waals surface area contributed by atoms with E-state index in [0.717, 1.165) is 51.0 Å². The van der Waals surface area contributed by atoms with Gasteiger partial charge in [-0.3, -0.25) is 14.5 Å². The van der Waals surface area contributed by atoms with Gasteiger partial charge in [-0.2, -0.15) is 13.2 Å². The van der Waals surface area contributed by atoms with Crippen molar-refractivity contribution in [1.82, 2.24) is 14.7 Å². The minimum atomic E-state index is -4.41. The van der Waals surface area contributed by atoms with E-state index in [2.05, 4.69) is 4.90 Å². The zero-order chi connectivity index (χ0) is 19.4. The summed E-state index contributed by atoms with van der Waals surface area (Å²) in [6.45, 7) is 4.34. The standard InChI is InChI=1S/C19H24F3N3O2/c20-19(21,22)16-6-4-15(5-7-16)18(27)25-11-3-8-23(12-13-25)14-17(26)24-9-1-2-10-24/h4-7H,1-3,8-14H2. The van der Waals surface area contributed by atoms with E-state index in [4.69, 9.17) is 0 Å². The van der Waals surface area contributed by atoms with Gasteiger partial charge in [-0.15, -0.1) is 0 Å². The number of halogens is 3. The number of rotatable bonds is 3. The Morgan fingerprint density at radius 3 is 2.07 bits per heavy atom. The minimum absolute atomic E-state index is 0.134. The molecule has 2 heterocycles. The number of likely N-dealkylation sites (tertiary alicyclic amines) is 1. The molecular weight excluding hydrogens is 359 g/mol. The highest BCUT2D eigenvalue weighted by molar-refractivity contribution is 5.94. The van der Waals surface area contributed by atoms with E-state index < -0.39 is 11.7 Å². The fourth-order valence-electron chi connectivity index (χ4n) is 3.57. The number of hydrogen-bond donors (Lipinski definition) is 0. The maximum Gasteiger partial charge on any atom is 0.416 e. The molecule has 2 aliphatic rings. The summed E-state index contributed by atoms with van der Waals surface area (Å²) in [5.74, 6) is -0.133. The van der Waals surface area contributed by atoms with Crippen LogP contribution in [0.25, 0.3) is 0 Å². The maximum atomic E-state index is 12.7. The first kappa shape index (κ1) is 19.7. The molecule has 2 aliphatic heterocycles. The van der Waals surface area contributed by atoms with Crippen molar-refractivity contribution in [2.45, 2.75) is 25.4 Å². The average molecular weight is 383 g/mol. The highest BCUT2D eigenvalue weighted by atomic mass is 19.4. The van der Waals surface area contributed by atoms with Gasteiger partial charge in [0.2, 0.25) is 5.91 Å². The molecule has 2 amide bonds. The Hall–Kier alpha value is -2.09. The van der Waals surface area contributed by atoms with Gasteiger partial charge >= 0.3 is 6.18 Å². The third-order valence-electron chi connectivity index (χ3n) is 5.15. The molecule has 148 valence electrons. The number of benzene rings is 1. The first-order valence-electron chi connectivity index (χ1n) is 9.31. The minimum Gasteiger partial charge on any atom is -0.342 e. The lowest BCUT2D eigenvalue weighted by Gasteiger charge is -2.24. The SMILES string of the molecule is O=C(CN1CCCN(C(=O)c2ccc(C(F)(F)F)cc2)CC1)N1CCCC1. The number of nitrogens with zero attached hydrogens (tertiary/aromatic N) is 3. The highest BCUT2D eigenvalue weighted by Gasteiger charge is 2.30. The highest BCUT2D eigenvalue weighted by Crippen LogP contribution is 2.29. The first-order chi connectivity index (χ1) is 12.8. The van der Waals surface area contributed by atoms with Gasteiger partial charge in [0.15, 0.2) is 0 Å². The largest absolute Gasteiger partial charge is 0.416 e. The quantitative estimate of drug-likeness (QED) is 0.806. The molecule has 0 saturated carbocycles. The molecule has 1 aromatic carbocycles. The van der Waals surface area contributed by atoms with Crippen LogP contribution in [0.1, 0.15) is 35.2 Å². The zero-order valence-electron chi connectivity index (χ0n) is 15.2. The van der Waals surface area contributed by atoms with Crippen LogP contribution in [0.15, 0.2) is 24.3 Å². The van der Waals surface area contributed by atoms with Gasteiger partial charge in [-0.25, -0.2) is 0 Å². The molecule has 8 heteroatoms. The molecular formula is C19H24F3N3O2. The molecule has 0 spiro atoms. The summed E-state index contributed by atoms with van der Waals surface area (Å²) in [6.07, 6.45) is -1.56. The zero-order valence-corrected chi connectivity index (χ0v) is 15.2. The van der Waals surface area contributed by atoms with Crippen molar-refractivity contribution in [3.05, 3.63) is 35.4 Å². The van der Waals surface area contributed by atoms with Crippen LogP contribution in [0, 0.1) is 0 Å². The van der Waals surface area contributed by atoms with Crippen LogP contribution in [0.5, 0.6) is 0 Å². The van der Waals surface area contributed by atoms with Crippen LogP contribution in [0.3, 0.4) is 0 Å². The van der Waals surface area contributed by atoms with Crippen LogP contribution >= 0.6 is 0 Å². The number of hydrogen-bond acceptors (Lipinski definition) is 3. The summed E-state index contributed by atoms with van der Waals surface area (Å²) in [5, 5.41) is 0. The van der Waals surface area contributed by atoms with Gasteiger partial charge in [0.25, 0.3) is 5.91 Å². The third-order valence-corrected chi connectivity index (χ3v) is 5.15. The smallest absolute Gasteiger partial charge is 0.342 e. The number of alkyl halides is 3. The molecule has 0 N–H and O–H groups in total. The normalized spacial score (nSPS) is 19.2. The molecule has 0 aliphatic carbocycles. The van der Waals surface area contributed by atoms with Gasteiger partial charge in [0.1, 0.15) is 0 Å². The van der Waals surface area contributed by atoms with Crippen LogP contribution in [0.4, 0.5) is 13.2 Å². The van der Waals surface area contributed by atoms with E-state index in [0.29, 0.717) is 26.2 Å². The summed E-state index contributed by atoms with van der Waals surface area (Å²) >= 11 is 0. The molecule has 0 unspecified atom stereocenters. The number of carbonyl (C=O) groups excluding carboxylic acids is 2. The van der Waals surface area contributed by atoms with Crippen molar-refractivity contribution < 1.29 is 22.8 Å². The maximum absolute atomic E-state index is 12.7. The van der Waals surface area contributed by atoms with Crippen LogP contribution < -0.4 is 0 Å². The molecule has 27 heavy (non-hydrogen) atoms. The molecule has 0 aromatic heterocycles. The number of carbonyl (C=O) groups is 2. The molecule has 1 aromatic rings. The van der Waals surface area contributed by atoms with E-state index in [9.17, 15) is 22.8 Å².